The molecule has 0 unspecified atom stereocenters. The minimum absolute atomic E-state index is 0.183. The van der Waals surface area contributed by atoms with E-state index in [1.54, 1.807) is 24.0 Å². The summed E-state index contributed by atoms with van der Waals surface area (Å²) < 4.78 is 7.20. The number of rotatable bonds is 11. The molecule has 5 rings (SSSR count). The first-order valence-corrected chi connectivity index (χ1v) is 15.3. The number of amides is 2. The fourth-order valence-electron chi connectivity index (χ4n) is 5.81. The van der Waals surface area contributed by atoms with Crippen molar-refractivity contribution < 1.29 is 14.3 Å². The average Bonchev–Trinajstić information content (AvgIpc) is 3.48. The highest BCUT2D eigenvalue weighted by molar-refractivity contribution is 6.04. The summed E-state index contributed by atoms with van der Waals surface area (Å²) in [4.78, 5) is 34.6. The zero-order valence-electron chi connectivity index (χ0n) is 25.4. The fourth-order valence-corrected chi connectivity index (χ4v) is 5.81. The van der Waals surface area contributed by atoms with Crippen LogP contribution in [0.25, 0.3) is 10.9 Å². The molecule has 9 heteroatoms. The maximum absolute atomic E-state index is 13.2. The molecular formula is C34H42N6O3. The van der Waals surface area contributed by atoms with Crippen LogP contribution in [0, 0.1) is 0 Å². The quantitative estimate of drug-likeness (QED) is 0.204. The van der Waals surface area contributed by atoms with Gasteiger partial charge in [0.15, 0.2) is 0 Å². The van der Waals surface area contributed by atoms with Crippen molar-refractivity contribution in [2.24, 2.45) is 0 Å². The third-order valence-corrected chi connectivity index (χ3v) is 8.27. The second kappa shape index (κ2) is 14.3. The number of carbonyl (C=O) groups is 2. The summed E-state index contributed by atoms with van der Waals surface area (Å²) in [6.45, 7) is 9.59. The van der Waals surface area contributed by atoms with Gasteiger partial charge in [-0.15, -0.1) is 0 Å². The Morgan fingerprint density at radius 3 is 2.49 bits per heavy atom. The van der Waals surface area contributed by atoms with E-state index in [4.69, 9.17) is 4.74 Å². The number of anilines is 3. The van der Waals surface area contributed by atoms with Gasteiger partial charge in [0, 0.05) is 67.6 Å². The van der Waals surface area contributed by atoms with Crippen LogP contribution in [0.15, 0.2) is 73.1 Å². The molecule has 0 aliphatic carbocycles. The van der Waals surface area contributed by atoms with Gasteiger partial charge in [-0.05, 0) is 99.8 Å². The van der Waals surface area contributed by atoms with Crippen LogP contribution in [0.2, 0.25) is 0 Å². The maximum Gasteiger partial charge on any atom is 0.325 e. The molecule has 3 heterocycles. The lowest BCUT2D eigenvalue weighted by atomic mass is 9.89. The number of ether oxygens (including phenoxy) is 1. The van der Waals surface area contributed by atoms with Crippen LogP contribution in [0.4, 0.5) is 22.0 Å². The predicted octanol–water partition coefficient (Wildman–Crippen LogP) is 6.24. The van der Waals surface area contributed by atoms with Crippen LogP contribution in [0.3, 0.4) is 0 Å². The topological polar surface area (TPSA) is 91.7 Å². The Bertz CT molecular complexity index is 1520. The molecule has 43 heavy (non-hydrogen) atoms. The number of hydrogen-bond donors (Lipinski definition) is 2. The predicted molar refractivity (Wildman–Crippen MR) is 173 cm³/mol. The molecule has 2 aromatic carbocycles. The Morgan fingerprint density at radius 2 is 1.77 bits per heavy atom. The minimum Gasteiger partial charge on any atom is -0.382 e. The molecule has 0 saturated carbocycles. The van der Waals surface area contributed by atoms with Crippen LogP contribution in [-0.2, 0) is 4.74 Å². The molecule has 2 aromatic heterocycles. The molecular weight excluding hydrogens is 540 g/mol. The lowest BCUT2D eigenvalue weighted by Crippen LogP contribution is -2.32. The van der Waals surface area contributed by atoms with Crippen LogP contribution < -0.4 is 15.5 Å². The van der Waals surface area contributed by atoms with Gasteiger partial charge in [0.05, 0.1) is 5.52 Å². The highest BCUT2D eigenvalue weighted by Gasteiger charge is 2.20. The van der Waals surface area contributed by atoms with Gasteiger partial charge < -0.3 is 25.2 Å². The van der Waals surface area contributed by atoms with Crippen molar-refractivity contribution in [3.05, 3.63) is 84.2 Å². The second-order valence-electron chi connectivity index (χ2n) is 10.9. The van der Waals surface area contributed by atoms with Crippen molar-refractivity contribution in [2.45, 2.75) is 39.0 Å². The summed E-state index contributed by atoms with van der Waals surface area (Å²) in [5.41, 5.74) is 4.62. The highest BCUT2D eigenvalue weighted by Crippen LogP contribution is 2.31. The van der Waals surface area contributed by atoms with Crippen molar-refractivity contribution in [1.29, 1.82) is 0 Å². The molecule has 1 aliphatic heterocycles. The van der Waals surface area contributed by atoms with Gasteiger partial charge in [0.25, 0.3) is 5.91 Å². The van der Waals surface area contributed by atoms with Crippen molar-refractivity contribution in [1.82, 2.24) is 19.8 Å². The Balaban J connectivity index is 1.32. The van der Waals surface area contributed by atoms with E-state index in [0.717, 1.165) is 61.2 Å². The summed E-state index contributed by atoms with van der Waals surface area (Å²) in [6.07, 6.45) is 6.62. The number of nitrogens with zero attached hydrogens (tertiary/aromatic N) is 4. The first-order chi connectivity index (χ1) is 21.0. The molecule has 0 radical (unpaired) electrons. The van der Waals surface area contributed by atoms with Gasteiger partial charge in [0.1, 0.15) is 5.82 Å². The summed E-state index contributed by atoms with van der Waals surface area (Å²) in [5.74, 6) is 0.852. The molecule has 0 spiro atoms. The number of carbonyl (C=O) groups excluding carboxylic acids is 2. The summed E-state index contributed by atoms with van der Waals surface area (Å²) in [7, 11) is 1.62. The normalized spacial score (nSPS) is 14.1. The van der Waals surface area contributed by atoms with Gasteiger partial charge in [0.2, 0.25) is 0 Å². The molecule has 0 bridgehead atoms. The third-order valence-electron chi connectivity index (χ3n) is 8.27. The molecule has 1 fully saturated rings. The molecule has 1 aliphatic rings. The number of likely N-dealkylation sites (tertiary alicyclic amines) is 1. The van der Waals surface area contributed by atoms with E-state index in [0.29, 0.717) is 37.1 Å². The zero-order valence-corrected chi connectivity index (χ0v) is 25.4. The number of fused-ring (bicyclic) bond motifs is 1. The van der Waals surface area contributed by atoms with Crippen LogP contribution in [0.1, 0.15) is 54.9 Å². The van der Waals surface area contributed by atoms with E-state index < -0.39 is 0 Å². The summed E-state index contributed by atoms with van der Waals surface area (Å²) in [5, 5.41) is 6.62. The van der Waals surface area contributed by atoms with Gasteiger partial charge in [-0.3, -0.25) is 9.36 Å². The zero-order chi connectivity index (χ0) is 30.2. The van der Waals surface area contributed by atoms with E-state index in [1.807, 2.05) is 49.4 Å². The molecule has 1 saturated heterocycles. The molecule has 0 atom stereocenters. The van der Waals surface area contributed by atoms with E-state index in [2.05, 4.69) is 50.5 Å². The largest absolute Gasteiger partial charge is 0.382 e. The van der Waals surface area contributed by atoms with E-state index >= 15 is 0 Å². The second-order valence-corrected chi connectivity index (χ2v) is 10.9. The summed E-state index contributed by atoms with van der Waals surface area (Å²) in [6, 6.07) is 19.6. The lowest BCUT2D eigenvalue weighted by molar-refractivity contribution is 0.102. The summed E-state index contributed by atoms with van der Waals surface area (Å²) >= 11 is 0. The number of pyridine rings is 1. The first-order valence-electron chi connectivity index (χ1n) is 15.3. The van der Waals surface area contributed by atoms with Crippen LogP contribution in [0.5, 0.6) is 0 Å². The number of hydrogen-bond acceptors (Lipinski definition) is 6. The standard InChI is InChI=1S/C34H42N6O3/c1-4-38-19-14-26(15-20-38)25-7-9-27(10-8-25)33(41)37-32-24-30(13-17-36-32)39(18-6-22-43-5-2)29-11-12-31-28(23-29)16-21-40(31)34(42)35-3/h7-13,16-17,21,23-24,26H,4-6,14-15,18-20,22H2,1-3H3,(H,35,42)(H,36,37,41). The van der Waals surface area contributed by atoms with Gasteiger partial charge in [-0.25, -0.2) is 9.78 Å². The fraction of sp³-hybridized carbons (Fsp3) is 0.382. The first kappa shape index (κ1) is 30.3. The highest BCUT2D eigenvalue weighted by atomic mass is 16.5. The van der Waals surface area contributed by atoms with Gasteiger partial charge in [-0.1, -0.05) is 19.1 Å². The monoisotopic (exact) mass is 582 g/mol. The number of nitrogens with one attached hydrogen (secondary N) is 2. The number of piperidine rings is 1. The minimum atomic E-state index is -0.183. The average molecular weight is 583 g/mol. The Hall–Kier alpha value is -4.21. The van der Waals surface area contributed by atoms with E-state index in [1.165, 1.54) is 5.56 Å². The molecule has 9 nitrogen and oxygen atoms in total. The molecule has 4 aromatic rings. The van der Waals surface area contributed by atoms with Crippen molar-refractivity contribution in [3.63, 3.8) is 0 Å². The van der Waals surface area contributed by atoms with Gasteiger partial charge >= 0.3 is 6.03 Å². The number of aromatic nitrogens is 2. The third kappa shape index (κ3) is 7.24. The van der Waals surface area contributed by atoms with Crippen molar-refractivity contribution in [2.75, 3.05) is 56.7 Å². The molecule has 226 valence electrons. The van der Waals surface area contributed by atoms with Crippen molar-refractivity contribution in [3.8, 4) is 0 Å². The van der Waals surface area contributed by atoms with Gasteiger partial charge in [-0.2, -0.15) is 0 Å². The number of benzene rings is 2. The van der Waals surface area contributed by atoms with Crippen molar-refractivity contribution >= 4 is 40.0 Å². The Morgan fingerprint density at radius 1 is 1.00 bits per heavy atom. The van der Waals surface area contributed by atoms with E-state index in [-0.39, 0.29) is 11.9 Å². The SMILES string of the molecule is CCOCCCN(c1ccnc(NC(=O)c2ccc(C3CCN(CC)CC3)cc2)c1)c1ccc2c(ccn2C(=O)NC)c1. The Kier molecular flexibility index (Phi) is 10.1. The molecule has 2 N–H and O–H groups in total. The lowest BCUT2D eigenvalue weighted by Gasteiger charge is -2.31. The van der Waals surface area contributed by atoms with E-state index in [9.17, 15) is 9.59 Å². The van der Waals surface area contributed by atoms with Crippen LogP contribution >= 0.6 is 0 Å². The maximum atomic E-state index is 13.2. The smallest absolute Gasteiger partial charge is 0.325 e. The molecule has 2 amide bonds. The van der Waals surface area contributed by atoms with Crippen LogP contribution in [-0.4, -0.2) is 72.8 Å². The Labute approximate surface area is 253 Å².